The first-order chi connectivity index (χ1) is 8.20. The molecule has 0 saturated heterocycles. The molecule has 0 heterocycles. The van der Waals surface area contributed by atoms with Gasteiger partial charge in [0.1, 0.15) is 11.9 Å². The molecule has 0 aromatic heterocycles. The lowest BCUT2D eigenvalue weighted by atomic mass is 10.0. The summed E-state index contributed by atoms with van der Waals surface area (Å²) < 4.78 is 7.13. The van der Waals surface area contributed by atoms with Gasteiger partial charge in [-0.2, -0.15) is 0 Å². The van der Waals surface area contributed by atoms with E-state index < -0.39 is 0 Å². The van der Waals surface area contributed by atoms with E-state index in [1.165, 1.54) is 12.8 Å². The first-order valence-corrected chi connectivity index (χ1v) is 6.82. The van der Waals surface area contributed by atoms with E-state index in [1.807, 2.05) is 6.07 Å². The highest BCUT2D eigenvalue weighted by atomic mass is 79.9. The Kier molecular flexibility index (Phi) is 4.24. The van der Waals surface area contributed by atoms with Crippen molar-refractivity contribution in [2.24, 2.45) is 5.73 Å². The standard InChI is InChI=1S/C14H18BrNO/c1-10-7-12(15)8-11(9-16)14(10)17-13-5-3-2-4-6-13/h3,5,7-8,13H,2,4,6,9,16H2,1H3. The molecular weight excluding hydrogens is 278 g/mol. The van der Waals surface area contributed by atoms with Crippen LogP contribution in [0, 0.1) is 6.92 Å². The fourth-order valence-corrected chi connectivity index (χ4v) is 2.77. The monoisotopic (exact) mass is 295 g/mol. The molecule has 2 rings (SSSR count). The van der Waals surface area contributed by atoms with Crippen LogP contribution in [0.3, 0.4) is 0 Å². The van der Waals surface area contributed by atoms with Gasteiger partial charge in [0.05, 0.1) is 0 Å². The summed E-state index contributed by atoms with van der Waals surface area (Å²) >= 11 is 3.49. The number of hydrogen-bond donors (Lipinski definition) is 1. The molecule has 0 fully saturated rings. The lowest BCUT2D eigenvalue weighted by molar-refractivity contribution is 0.226. The summed E-state index contributed by atoms with van der Waals surface area (Å²) in [5, 5.41) is 0. The molecule has 2 N–H and O–H groups in total. The van der Waals surface area contributed by atoms with Gasteiger partial charge in [-0.15, -0.1) is 0 Å². The van der Waals surface area contributed by atoms with E-state index in [-0.39, 0.29) is 6.10 Å². The average Bonchev–Trinajstić information content (AvgIpc) is 2.33. The molecule has 17 heavy (non-hydrogen) atoms. The minimum Gasteiger partial charge on any atom is -0.486 e. The third-order valence-electron chi connectivity index (χ3n) is 3.02. The number of nitrogens with two attached hydrogens (primary N) is 1. The van der Waals surface area contributed by atoms with Crippen molar-refractivity contribution in [3.05, 3.63) is 39.9 Å². The van der Waals surface area contributed by atoms with Crippen molar-refractivity contribution < 1.29 is 4.74 Å². The highest BCUT2D eigenvalue weighted by Gasteiger charge is 2.14. The Morgan fingerprint density at radius 1 is 1.47 bits per heavy atom. The molecule has 0 amide bonds. The average molecular weight is 296 g/mol. The zero-order valence-corrected chi connectivity index (χ0v) is 11.7. The summed E-state index contributed by atoms with van der Waals surface area (Å²) in [4.78, 5) is 0. The van der Waals surface area contributed by atoms with Crippen molar-refractivity contribution in [2.75, 3.05) is 0 Å². The van der Waals surface area contributed by atoms with Gasteiger partial charge < -0.3 is 10.5 Å². The van der Waals surface area contributed by atoms with Crippen LogP contribution in [0.4, 0.5) is 0 Å². The van der Waals surface area contributed by atoms with Crippen molar-refractivity contribution in [1.29, 1.82) is 0 Å². The van der Waals surface area contributed by atoms with Gasteiger partial charge in [0.25, 0.3) is 0 Å². The lowest BCUT2D eigenvalue weighted by Crippen LogP contribution is -2.17. The molecule has 0 bridgehead atoms. The third kappa shape index (κ3) is 3.11. The molecule has 0 aliphatic heterocycles. The Balaban J connectivity index is 2.24. The van der Waals surface area contributed by atoms with E-state index >= 15 is 0 Å². The maximum atomic E-state index is 6.08. The topological polar surface area (TPSA) is 35.2 Å². The predicted octanol–water partition coefficient (Wildman–Crippen LogP) is 3.70. The van der Waals surface area contributed by atoms with Crippen LogP contribution in [0.25, 0.3) is 0 Å². The van der Waals surface area contributed by atoms with Crippen molar-refractivity contribution in [3.8, 4) is 5.75 Å². The Labute approximate surface area is 111 Å². The molecule has 0 saturated carbocycles. The fraction of sp³-hybridized carbons (Fsp3) is 0.429. The van der Waals surface area contributed by atoms with Crippen LogP contribution in [0.5, 0.6) is 5.75 Å². The van der Waals surface area contributed by atoms with Crippen LogP contribution in [0.15, 0.2) is 28.8 Å². The molecular formula is C14H18BrNO. The van der Waals surface area contributed by atoms with Gasteiger partial charge in [-0.1, -0.05) is 22.0 Å². The summed E-state index contributed by atoms with van der Waals surface area (Å²) in [5.74, 6) is 0.951. The van der Waals surface area contributed by atoms with Crippen LogP contribution < -0.4 is 10.5 Å². The summed E-state index contributed by atoms with van der Waals surface area (Å²) in [6.07, 6.45) is 8.03. The summed E-state index contributed by atoms with van der Waals surface area (Å²) in [5.41, 5.74) is 7.98. The number of hydrogen-bond acceptors (Lipinski definition) is 2. The second-order valence-corrected chi connectivity index (χ2v) is 5.35. The van der Waals surface area contributed by atoms with Crippen molar-refractivity contribution in [1.82, 2.24) is 0 Å². The van der Waals surface area contributed by atoms with Crippen LogP contribution in [0.1, 0.15) is 30.4 Å². The highest BCUT2D eigenvalue weighted by molar-refractivity contribution is 9.10. The Morgan fingerprint density at radius 3 is 2.94 bits per heavy atom. The molecule has 1 aromatic carbocycles. The molecule has 0 spiro atoms. The first kappa shape index (κ1) is 12.7. The second-order valence-electron chi connectivity index (χ2n) is 4.43. The molecule has 1 aliphatic rings. The Hall–Kier alpha value is -0.800. The van der Waals surface area contributed by atoms with E-state index in [4.69, 9.17) is 10.5 Å². The van der Waals surface area contributed by atoms with Crippen molar-refractivity contribution >= 4 is 15.9 Å². The van der Waals surface area contributed by atoms with Crippen LogP contribution in [-0.4, -0.2) is 6.10 Å². The molecule has 2 nitrogen and oxygen atoms in total. The smallest absolute Gasteiger partial charge is 0.127 e. The zero-order valence-electron chi connectivity index (χ0n) is 10.1. The molecule has 1 unspecified atom stereocenters. The van der Waals surface area contributed by atoms with Gasteiger partial charge in [0.15, 0.2) is 0 Å². The van der Waals surface area contributed by atoms with Gasteiger partial charge in [-0.25, -0.2) is 0 Å². The SMILES string of the molecule is Cc1cc(Br)cc(CN)c1OC1C=CCCC1. The minimum atomic E-state index is 0.203. The van der Waals surface area contributed by atoms with Gasteiger partial charge in [-0.05, 0) is 50.0 Å². The minimum absolute atomic E-state index is 0.203. The van der Waals surface area contributed by atoms with Crippen molar-refractivity contribution in [2.45, 2.75) is 38.8 Å². The largest absolute Gasteiger partial charge is 0.486 e. The molecule has 1 aromatic rings. The molecule has 1 aliphatic carbocycles. The summed E-state index contributed by atoms with van der Waals surface area (Å²) in [7, 11) is 0. The first-order valence-electron chi connectivity index (χ1n) is 6.03. The number of halogens is 1. The Morgan fingerprint density at radius 2 is 2.29 bits per heavy atom. The zero-order chi connectivity index (χ0) is 12.3. The van der Waals surface area contributed by atoms with E-state index in [1.54, 1.807) is 0 Å². The fourth-order valence-electron chi connectivity index (χ4n) is 2.15. The third-order valence-corrected chi connectivity index (χ3v) is 3.47. The molecule has 92 valence electrons. The lowest BCUT2D eigenvalue weighted by Gasteiger charge is -2.22. The van der Waals surface area contributed by atoms with Crippen LogP contribution in [0.2, 0.25) is 0 Å². The maximum absolute atomic E-state index is 6.08. The predicted molar refractivity (Wildman–Crippen MR) is 74.2 cm³/mol. The van der Waals surface area contributed by atoms with Gasteiger partial charge in [0.2, 0.25) is 0 Å². The van der Waals surface area contributed by atoms with E-state index in [0.717, 1.165) is 27.8 Å². The van der Waals surface area contributed by atoms with E-state index in [0.29, 0.717) is 6.54 Å². The highest BCUT2D eigenvalue weighted by Crippen LogP contribution is 2.30. The van der Waals surface area contributed by atoms with Gasteiger partial charge in [0, 0.05) is 16.6 Å². The van der Waals surface area contributed by atoms with Gasteiger partial charge in [-0.3, -0.25) is 0 Å². The normalized spacial score (nSPS) is 19.4. The van der Waals surface area contributed by atoms with Gasteiger partial charge >= 0.3 is 0 Å². The number of ether oxygens (including phenoxy) is 1. The molecule has 3 heteroatoms. The summed E-state index contributed by atoms with van der Waals surface area (Å²) in [6.45, 7) is 2.57. The quantitative estimate of drug-likeness (QED) is 0.863. The van der Waals surface area contributed by atoms with E-state index in [9.17, 15) is 0 Å². The number of rotatable bonds is 3. The number of allylic oxidation sites excluding steroid dienone is 1. The second kappa shape index (κ2) is 5.69. The Bertz CT molecular complexity index is 428. The summed E-state index contributed by atoms with van der Waals surface area (Å²) in [6, 6.07) is 4.11. The molecule has 0 radical (unpaired) electrons. The van der Waals surface area contributed by atoms with E-state index in [2.05, 4.69) is 41.1 Å². The number of benzene rings is 1. The van der Waals surface area contributed by atoms with Crippen molar-refractivity contribution in [3.63, 3.8) is 0 Å². The maximum Gasteiger partial charge on any atom is 0.127 e. The molecule has 1 atom stereocenters. The van der Waals surface area contributed by atoms with Crippen LogP contribution >= 0.6 is 15.9 Å². The number of aryl methyl sites for hydroxylation is 1. The van der Waals surface area contributed by atoms with Crippen LogP contribution in [-0.2, 0) is 6.54 Å².